The summed E-state index contributed by atoms with van der Waals surface area (Å²) < 4.78 is 60.5. The molecule has 0 bridgehead atoms. The summed E-state index contributed by atoms with van der Waals surface area (Å²) in [5.41, 5.74) is 0. The molecule has 0 aliphatic carbocycles. The average Bonchev–Trinajstić information content (AvgIpc) is 4.09. The first-order chi connectivity index (χ1) is 30.2. The van der Waals surface area contributed by atoms with Crippen LogP contribution in [0.15, 0.2) is 82.6 Å². The van der Waals surface area contributed by atoms with Gasteiger partial charge >= 0.3 is 0 Å². The Balaban J connectivity index is 1.21. The van der Waals surface area contributed by atoms with E-state index in [1.165, 1.54) is 125 Å². The van der Waals surface area contributed by atoms with Gasteiger partial charge in [-0.1, -0.05) is 192 Å². The van der Waals surface area contributed by atoms with E-state index in [0.29, 0.717) is 22.6 Å². The van der Waals surface area contributed by atoms with Crippen LogP contribution in [0.5, 0.6) is 0 Å². The molecular weight excluding hydrogens is 881 g/mol. The van der Waals surface area contributed by atoms with Gasteiger partial charge in [0, 0.05) is 28.9 Å². The van der Waals surface area contributed by atoms with E-state index in [9.17, 15) is 16.8 Å². The molecular formula is C52H70O4S6. The topological polar surface area (TPSA) is 68.3 Å². The highest BCUT2D eigenvalue weighted by Gasteiger charge is 2.31. The van der Waals surface area contributed by atoms with E-state index < -0.39 is 19.7 Å². The maximum Gasteiger partial charge on any atom is 0.179 e. The summed E-state index contributed by atoms with van der Waals surface area (Å²) in [5.74, 6) is 0.130. The lowest BCUT2D eigenvalue weighted by molar-refractivity contribution is 0.545. The second kappa shape index (κ2) is 25.4. The van der Waals surface area contributed by atoms with Crippen molar-refractivity contribution in [1.29, 1.82) is 0 Å². The van der Waals surface area contributed by atoms with Crippen molar-refractivity contribution in [2.45, 2.75) is 178 Å². The number of hydrogen-bond acceptors (Lipinski definition) is 8. The molecule has 4 aromatic heterocycles. The second-order valence-electron chi connectivity index (χ2n) is 17.3. The SMILES string of the molecule is CCCCCCCCCCCCCCS(=O)(=O)c1cc(-c2cc3ccccc3s2)sc1-c1sc(-c2cc3ccccc3s2)cc1S(=O)(=O)CCCCCCCCCCCCCC. The minimum absolute atomic E-state index is 0.0650. The average molecular weight is 952 g/mol. The van der Waals surface area contributed by atoms with Crippen LogP contribution in [0.25, 0.3) is 49.4 Å². The first kappa shape index (κ1) is 49.1. The fourth-order valence-electron chi connectivity index (χ4n) is 8.46. The first-order valence-corrected chi connectivity index (χ1v) is 30.5. The summed E-state index contributed by atoms with van der Waals surface area (Å²) in [7, 11) is -7.44. The van der Waals surface area contributed by atoms with Gasteiger partial charge in [-0.15, -0.1) is 45.3 Å². The third kappa shape index (κ3) is 14.3. The molecule has 0 spiro atoms. The molecule has 0 saturated carbocycles. The standard InChI is InChI=1S/C52H70O4S6/c1-3-5-7-9-11-13-15-17-19-21-23-29-35-61(53,54)49-39-47(45-37-41-31-25-27-33-43(41)57-45)59-51(49)52-50(40-48(60-52)46-38-42-32-26-28-34-44(42)58-46)62(55,56)36-30-24-22-20-18-16-14-12-10-8-6-4-2/h25-28,31-34,37-40H,3-24,29-30,35-36H2,1-2H3. The molecule has 0 aliphatic rings. The predicted molar refractivity (Wildman–Crippen MR) is 276 cm³/mol. The van der Waals surface area contributed by atoms with Crippen LogP contribution in [0.1, 0.15) is 168 Å². The Morgan fingerprint density at radius 1 is 0.355 bits per heavy atom. The third-order valence-electron chi connectivity index (χ3n) is 12.1. The molecule has 338 valence electrons. The minimum Gasteiger partial charge on any atom is -0.224 e. The Labute approximate surface area is 390 Å². The van der Waals surface area contributed by atoms with E-state index in [2.05, 4.69) is 50.2 Å². The monoisotopic (exact) mass is 950 g/mol. The largest absolute Gasteiger partial charge is 0.224 e. The zero-order chi connectivity index (χ0) is 43.6. The molecule has 6 aromatic rings. The molecule has 0 radical (unpaired) electrons. The van der Waals surface area contributed by atoms with Crippen LogP contribution in [0.2, 0.25) is 0 Å². The van der Waals surface area contributed by atoms with Crippen molar-refractivity contribution in [3.63, 3.8) is 0 Å². The number of hydrogen-bond donors (Lipinski definition) is 0. The minimum atomic E-state index is -3.72. The van der Waals surface area contributed by atoms with Crippen molar-refractivity contribution >= 4 is 85.2 Å². The van der Waals surface area contributed by atoms with E-state index in [-0.39, 0.29) is 21.3 Å². The summed E-state index contributed by atoms with van der Waals surface area (Å²) in [6.45, 7) is 4.51. The molecule has 0 unspecified atom stereocenters. The number of benzene rings is 2. The van der Waals surface area contributed by atoms with Crippen LogP contribution < -0.4 is 0 Å². The molecule has 6 rings (SSSR count). The van der Waals surface area contributed by atoms with Crippen molar-refractivity contribution in [3.05, 3.63) is 72.8 Å². The van der Waals surface area contributed by atoms with Gasteiger partial charge in [0.1, 0.15) is 0 Å². The van der Waals surface area contributed by atoms with Gasteiger partial charge in [0.05, 0.1) is 31.1 Å². The van der Waals surface area contributed by atoms with Crippen LogP contribution in [-0.2, 0) is 19.7 Å². The van der Waals surface area contributed by atoms with Crippen molar-refractivity contribution in [3.8, 4) is 29.3 Å². The predicted octanol–water partition coefficient (Wildman–Crippen LogP) is 18.2. The van der Waals surface area contributed by atoms with Crippen LogP contribution in [0.3, 0.4) is 0 Å². The molecule has 2 aromatic carbocycles. The number of unbranched alkanes of at least 4 members (excludes halogenated alkanes) is 22. The Hall–Kier alpha value is -2.34. The van der Waals surface area contributed by atoms with Gasteiger partial charge in [-0.2, -0.15) is 0 Å². The molecule has 4 heterocycles. The molecule has 0 saturated heterocycles. The molecule has 10 heteroatoms. The smallest absolute Gasteiger partial charge is 0.179 e. The van der Waals surface area contributed by atoms with Crippen LogP contribution in [0, 0.1) is 0 Å². The lowest BCUT2D eigenvalue weighted by Gasteiger charge is -2.09. The Morgan fingerprint density at radius 3 is 0.968 bits per heavy atom. The van der Waals surface area contributed by atoms with E-state index in [0.717, 1.165) is 78.2 Å². The fraction of sp³-hybridized carbons (Fsp3) is 0.538. The highest BCUT2D eigenvalue weighted by atomic mass is 32.2. The fourth-order valence-corrected chi connectivity index (χ4v) is 17.3. The maximum absolute atomic E-state index is 14.5. The lowest BCUT2D eigenvalue weighted by atomic mass is 10.1. The van der Waals surface area contributed by atoms with Crippen molar-refractivity contribution in [2.24, 2.45) is 0 Å². The van der Waals surface area contributed by atoms with Gasteiger partial charge in [0.15, 0.2) is 19.7 Å². The number of fused-ring (bicyclic) bond motifs is 2. The van der Waals surface area contributed by atoms with Gasteiger partial charge in [0.2, 0.25) is 0 Å². The molecule has 62 heavy (non-hydrogen) atoms. The molecule has 0 N–H and O–H groups in total. The maximum atomic E-state index is 14.5. The summed E-state index contributed by atoms with van der Waals surface area (Å²) in [4.78, 5) is 5.46. The first-order valence-electron chi connectivity index (χ1n) is 23.9. The van der Waals surface area contributed by atoms with Gasteiger partial charge in [-0.3, -0.25) is 0 Å². The van der Waals surface area contributed by atoms with E-state index in [1.54, 1.807) is 22.7 Å². The Bertz CT molecular complexity index is 2230. The van der Waals surface area contributed by atoms with Crippen molar-refractivity contribution in [1.82, 2.24) is 0 Å². The lowest BCUT2D eigenvalue weighted by Crippen LogP contribution is -2.09. The van der Waals surface area contributed by atoms with E-state index >= 15 is 0 Å². The van der Waals surface area contributed by atoms with Crippen molar-refractivity contribution < 1.29 is 16.8 Å². The van der Waals surface area contributed by atoms with E-state index in [4.69, 9.17) is 0 Å². The highest BCUT2D eigenvalue weighted by molar-refractivity contribution is 7.92. The van der Waals surface area contributed by atoms with Gasteiger partial charge in [-0.05, 0) is 60.0 Å². The number of thiophene rings is 4. The molecule has 0 fully saturated rings. The summed E-state index contributed by atoms with van der Waals surface area (Å²) >= 11 is 6.19. The second-order valence-corrected chi connectivity index (χ2v) is 25.7. The van der Waals surface area contributed by atoms with Gasteiger partial charge < -0.3 is 0 Å². The molecule has 0 atom stereocenters. The molecule has 0 amide bonds. The molecule has 4 nitrogen and oxygen atoms in total. The van der Waals surface area contributed by atoms with Crippen molar-refractivity contribution in [2.75, 3.05) is 11.5 Å². The van der Waals surface area contributed by atoms with Crippen LogP contribution in [-0.4, -0.2) is 28.3 Å². The Kier molecular flexibility index (Phi) is 20.1. The van der Waals surface area contributed by atoms with Crippen LogP contribution >= 0.6 is 45.3 Å². The summed E-state index contributed by atoms with van der Waals surface area (Å²) in [5, 5.41) is 2.24. The van der Waals surface area contributed by atoms with Gasteiger partial charge in [-0.25, -0.2) is 16.8 Å². The third-order valence-corrected chi connectivity index (χ3v) is 21.1. The highest BCUT2D eigenvalue weighted by Crippen LogP contribution is 2.51. The summed E-state index contributed by atoms with van der Waals surface area (Å²) in [6, 6.07) is 24.5. The Morgan fingerprint density at radius 2 is 0.645 bits per heavy atom. The number of rotatable bonds is 31. The quantitative estimate of drug-likeness (QED) is 0.0407. The number of sulfone groups is 2. The van der Waals surface area contributed by atoms with E-state index in [1.807, 2.05) is 36.4 Å². The van der Waals surface area contributed by atoms with Crippen LogP contribution in [0.4, 0.5) is 0 Å². The summed E-state index contributed by atoms with van der Waals surface area (Å²) in [6.07, 6.45) is 28.1. The zero-order valence-corrected chi connectivity index (χ0v) is 42.3. The van der Waals surface area contributed by atoms with Gasteiger partial charge in [0.25, 0.3) is 0 Å². The zero-order valence-electron chi connectivity index (χ0n) is 37.4. The normalized spacial score (nSPS) is 12.4. The molecule has 0 aliphatic heterocycles.